The summed E-state index contributed by atoms with van der Waals surface area (Å²) < 4.78 is 0. The molecule has 1 fully saturated rings. The molecule has 2 amide bonds. The molecule has 3 rings (SSSR count). The van der Waals surface area contributed by atoms with Gasteiger partial charge in [0.1, 0.15) is 0 Å². The van der Waals surface area contributed by atoms with Crippen molar-refractivity contribution < 1.29 is 9.90 Å². The molecule has 1 aliphatic heterocycles. The van der Waals surface area contributed by atoms with Gasteiger partial charge in [-0.15, -0.1) is 0 Å². The number of thioether (sulfide) groups is 1. The molecule has 5 heteroatoms. The fraction of sp³-hybridized carbons (Fsp3) is 0.409. The van der Waals surface area contributed by atoms with Crippen molar-refractivity contribution in [3.8, 4) is 0 Å². The molecule has 0 bridgehead atoms. The Bertz CT molecular complexity index is 738. The van der Waals surface area contributed by atoms with E-state index < -0.39 is 0 Å². The molecule has 2 N–H and O–H groups in total. The van der Waals surface area contributed by atoms with E-state index in [2.05, 4.69) is 35.8 Å². The molecule has 0 spiro atoms. The summed E-state index contributed by atoms with van der Waals surface area (Å²) in [4.78, 5) is 14.5. The van der Waals surface area contributed by atoms with Crippen LogP contribution in [0.1, 0.15) is 29.0 Å². The standard InChI is InChI=1S/C22H28N2O2S/c1-27-16-18-7-5-6-17(12-18)13-23-22(26)24-11-10-21(20(14-24)15-25)19-8-3-2-4-9-19/h2-9,12,20-21,25H,10-11,13-16H2,1H3,(H,23,26)/t20-,21+/m0/s1. The quantitative estimate of drug-likeness (QED) is 0.795. The normalized spacial score (nSPS) is 19.7. The first-order valence-corrected chi connectivity index (χ1v) is 10.9. The second kappa shape index (κ2) is 9.81. The summed E-state index contributed by atoms with van der Waals surface area (Å²) in [5, 5.41) is 12.9. The van der Waals surface area contributed by atoms with Crippen molar-refractivity contribution in [1.29, 1.82) is 0 Å². The van der Waals surface area contributed by atoms with E-state index >= 15 is 0 Å². The number of nitrogens with one attached hydrogen (secondary N) is 1. The number of hydrogen-bond acceptors (Lipinski definition) is 3. The van der Waals surface area contributed by atoms with Crippen LogP contribution >= 0.6 is 11.8 Å². The molecule has 0 aromatic heterocycles. The van der Waals surface area contributed by atoms with Crippen LogP contribution in [0.2, 0.25) is 0 Å². The minimum Gasteiger partial charge on any atom is -0.396 e. The van der Waals surface area contributed by atoms with Crippen molar-refractivity contribution in [3.63, 3.8) is 0 Å². The van der Waals surface area contributed by atoms with Gasteiger partial charge >= 0.3 is 6.03 Å². The van der Waals surface area contributed by atoms with E-state index in [9.17, 15) is 9.90 Å². The highest BCUT2D eigenvalue weighted by Crippen LogP contribution is 2.32. The largest absolute Gasteiger partial charge is 0.396 e. The summed E-state index contributed by atoms with van der Waals surface area (Å²) in [6.07, 6.45) is 2.97. The molecule has 2 aromatic rings. The van der Waals surface area contributed by atoms with Gasteiger partial charge < -0.3 is 15.3 Å². The maximum absolute atomic E-state index is 12.6. The summed E-state index contributed by atoms with van der Waals surface area (Å²) in [5.41, 5.74) is 3.65. The molecular formula is C22H28N2O2S. The van der Waals surface area contributed by atoms with Crippen LogP contribution < -0.4 is 5.32 Å². The summed E-state index contributed by atoms with van der Waals surface area (Å²) in [6.45, 7) is 1.94. The lowest BCUT2D eigenvalue weighted by molar-refractivity contribution is 0.113. The van der Waals surface area contributed by atoms with E-state index in [0.717, 1.165) is 17.7 Å². The van der Waals surface area contributed by atoms with Gasteiger partial charge in [0.2, 0.25) is 0 Å². The Morgan fingerprint density at radius 2 is 1.96 bits per heavy atom. The Hall–Kier alpha value is -1.98. The third-order valence-corrected chi connectivity index (χ3v) is 5.85. The number of piperidine rings is 1. The Morgan fingerprint density at radius 3 is 2.70 bits per heavy atom. The number of rotatable bonds is 6. The summed E-state index contributed by atoms with van der Waals surface area (Å²) in [5.74, 6) is 1.37. The average Bonchev–Trinajstić information content (AvgIpc) is 2.72. The summed E-state index contributed by atoms with van der Waals surface area (Å²) >= 11 is 1.79. The lowest BCUT2D eigenvalue weighted by atomic mass is 9.81. The van der Waals surface area contributed by atoms with Gasteiger partial charge in [0.05, 0.1) is 0 Å². The molecule has 1 saturated heterocycles. The number of carbonyl (C=O) groups excluding carboxylic acids is 1. The molecule has 0 saturated carbocycles. The zero-order valence-corrected chi connectivity index (χ0v) is 16.6. The highest BCUT2D eigenvalue weighted by molar-refractivity contribution is 7.97. The van der Waals surface area contributed by atoms with Gasteiger partial charge in [-0.2, -0.15) is 11.8 Å². The molecule has 0 aliphatic carbocycles. The highest BCUT2D eigenvalue weighted by Gasteiger charge is 2.31. The van der Waals surface area contributed by atoms with Crippen LogP contribution in [0.4, 0.5) is 4.79 Å². The number of hydrogen-bond donors (Lipinski definition) is 2. The second-order valence-corrected chi connectivity index (χ2v) is 7.97. The van der Waals surface area contributed by atoms with Crippen LogP contribution in [0.25, 0.3) is 0 Å². The number of carbonyl (C=O) groups is 1. The van der Waals surface area contributed by atoms with E-state index in [0.29, 0.717) is 25.6 Å². The molecule has 0 radical (unpaired) electrons. The average molecular weight is 385 g/mol. The fourth-order valence-electron chi connectivity index (χ4n) is 3.83. The first-order chi connectivity index (χ1) is 13.2. The zero-order valence-electron chi connectivity index (χ0n) is 15.8. The number of likely N-dealkylation sites (tertiary alicyclic amines) is 1. The van der Waals surface area contributed by atoms with Crippen molar-refractivity contribution in [2.75, 3.05) is 26.0 Å². The molecule has 2 atom stereocenters. The van der Waals surface area contributed by atoms with Gasteiger partial charge in [-0.25, -0.2) is 4.79 Å². The third kappa shape index (κ3) is 5.27. The van der Waals surface area contributed by atoms with Gasteiger partial charge in [0, 0.05) is 37.9 Å². The Labute approximate surface area is 166 Å². The SMILES string of the molecule is CSCc1cccc(CNC(=O)N2CC[C@H](c3ccccc3)[C@H](CO)C2)c1. The Balaban J connectivity index is 1.56. The van der Waals surface area contributed by atoms with E-state index in [1.54, 1.807) is 11.8 Å². The van der Waals surface area contributed by atoms with Crippen molar-refractivity contribution in [3.05, 3.63) is 71.3 Å². The fourth-order valence-corrected chi connectivity index (χ4v) is 4.34. The van der Waals surface area contributed by atoms with Crippen LogP contribution in [-0.4, -0.2) is 42.0 Å². The third-order valence-electron chi connectivity index (χ3n) is 5.23. The number of benzene rings is 2. The molecule has 144 valence electrons. The lowest BCUT2D eigenvalue weighted by Crippen LogP contribution is -2.48. The van der Waals surface area contributed by atoms with Crippen LogP contribution in [0.15, 0.2) is 54.6 Å². The first-order valence-electron chi connectivity index (χ1n) is 9.46. The minimum atomic E-state index is -0.0461. The monoisotopic (exact) mass is 384 g/mol. The van der Waals surface area contributed by atoms with E-state index in [4.69, 9.17) is 0 Å². The van der Waals surface area contributed by atoms with Gasteiger partial charge in [-0.05, 0) is 35.3 Å². The van der Waals surface area contributed by atoms with Crippen LogP contribution in [-0.2, 0) is 12.3 Å². The van der Waals surface area contributed by atoms with Crippen LogP contribution in [0.5, 0.6) is 0 Å². The van der Waals surface area contributed by atoms with Crippen LogP contribution in [0, 0.1) is 5.92 Å². The van der Waals surface area contributed by atoms with Crippen molar-refractivity contribution in [2.45, 2.75) is 24.6 Å². The molecule has 0 unspecified atom stereocenters. The molecular weight excluding hydrogens is 356 g/mol. The number of nitrogens with zero attached hydrogens (tertiary/aromatic N) is 1. The van der Waals surface area contributed by atoms with Crippen molar-refractivity contribution in [2.24, 2.45) is 5.92 Å². The van der Waals surface area contributed by atoms with Gasteiger partial charge in [-0.1, -0.05) is 54.6 Å². The van der Waals surface area contributed by atoms with Crippen LogP contribution in [0.3, 0.4) is 0 Å². The number of aliphatic hydroxyl groups excluding tert-OH is 1. The van der Waals surface area contributed by atoms with Crippen molar-refractivity contribution in [1.82, 2.24) is 10.2 Å². The molecule has 1 heterocycles. The highest BCUT2D eigenvalue weighted by atomic mass is 32.2. The van der Waals surface area contributed by atoms with Crippen molar-refractivity contribution >= 4 is 17.8 Å². The van der Waals surface area contributed by atoms with Gasteiger partial charge in [0.25, 0.3) is 0 Å². The zero-order chi connectivity index (χ0) is 19.1. The second-order valence-electron chi connectivity index (χ2n) is 7.11. The summed E-state index contributed by atoms with van der Waals surface area (Å²) in [7, 11) is 0. The predicted molar refractivity (Wildman–Crippen MR) is 112 cm³/mol. The van der Waals surface area contributed by atoms with E-state index in [-0.39, 0.29) is 18.6 Å². The Kier molecular flexibility index (Phi) is 7.18. The maximum Gasteiger partial charge on any atom is 0.317 e. The number of aliphatic hydroxyl groups is 1. The van der Waals surface area contributed by atoms with Gasteiger partial charge in [-0.3, -0.25) is 0 Å². The molecule has 4 nitrogen and oxygen atoms in total. The number of urea groups is 1. The Morgan fingerprint density at radius 1 is 1.19 bits per heavy atom. The lowest BCUT2D eigenvalue weighted by Gasteiger charge is -2.38. The molecule has 27 heavy (non-hydrogen) atoms. The van der Waals surface area contributed by atoms with Gasteiger partial charge in [0.15, 0.2) is 0 Å². The first kappa shape index (κ1) is 19.8. The molecule has 2 aromatic carbocycles. The number of amides is 2. The smallest absolute Gasteiger partial charge is 0.317 e. The summed E-state index contributed by atoms with van der Waals surface area (Å²) in [6, 6.07) is 18.6. The van der Waals surface area contributed by atoms with E-state index in [1.165, 1.54) is 11.1 Å². The minimum absolute atomic E-state index is 0.0461. The topological polar surface area (TPSA) is 52.6 Å². The maximum atomic E-state index is 12.6. The van der Waals surface area contributed by atoms with E-state index in [1.807, 2.05) is 35.2 Å². The molecule has 1 aliphatic rings. The predicted octanol–water partition coefficient (Wildman–Crippen LogP) is 3.86.